The number of hydrogen-bond donors (Lipinski definition) is 1. The van der Waals surface area contributed by atoms with Crippen molar-refractivity contribution in [3.63, 3.8) is 0 Å². The number of aromatic nitrogens is 2. The molecule has 33 heavy (non-hydrogen) atoms. The summed E-state index contributed by atoms with van der Waals surface area (Å²) >= 11 is 0. The zero-order chi connectivity index (χ0) is 22.8. The topological polar surface area (TPSA) is 118 Å². The summed E-state index contributed by atoms with van der Waals surface area (Å²) in [4.78, 5) is 19.9. The second-order valence-electron chi connectivity index (χ2n) is 8.75. The first-order valence-electron chi connectivity index (χ1n) is 11.6. The van der Waals surface area contributed by atoms with Crippen molar-refractivity contribution in [2.75, 3.05) is 44.3 Å². The number of carbonyl (C=O) groups excluding carboxylic acids is 1. The van der Waals surface area contributed by atoms with Crippen LogP contribution >= 0.6 is 0 Å². The molecule has 2 saturated heterocycles. The van der Waals surface area contributed by atoms with Gasteiger partial charge in [-0.25, -0.2) is 8.42 Å². The van der Waals surface area contributed by atoms with E-state index in [0.717, 1.165) is 50.9 Å². The lowest BCUT2D eigenvalue weighted by Gasteiger charge is -2.31. The molecule has 5 rings (SSSR count). The van der Waals surface area contributed by atoms with E-state index in [4.69, 9.17) is 9.26 Å². The van der Waals surface area contributed by atoms with Crippen molar-refractivity contribution < 1.29 is 22.5 Å². The van der Waals surface area contributed by atoms with Crippen LogP contribution in [0.3, 0.4) is 0 Å². The summed E-state index contributed by atoms with van der Waals surface area (Å²) in [5.74, 6) is 1.04. The fraction of sp³-hybridized carbons (Fsp3) is 0.591. The van der Waals surface area contributed by atoms with Crippen LogP contribution in [0.15, 0.2) is 27.6 Å². The molecule has 0 bridgehead atoms. The molecule has 2 aliphatic heterocycles. The Kier molecular flexibility index (Phi) is 6.35. The second-order valence-corrected chi connectivity index (χ2v) is 10.7. The van der Waals surface area contributed by atoms with Crippen LogP contribution in [0.4, 0.5) is 5.69 Å². The Morgan fingerprint density at radius 1 is 1.09 bits per heavy atom. The Hall–Kier alpha value is -2.50. The zero-order valence-corrected chi connectivity index (χ0v) is 19.3. The first kappa shape index (κ1) is 22.3. The Morgan fingerprint density at radius 3 is 2.58 bits per heavy atom. The van der Waals surface area contributed by atoms with Gasteiger partial charge in [0.05, 0.1) is 30.2 Å². The number of anilines is 1. The fourth-order valence-corrected chi connectivity index (χ4v) is 5.74. The van der Waals surface area contributed by atoms with Crippen LogP contribution in [0.5, 0.6) is 0 Å². The van der Waals surface area contributed by atoms with Gasteiger partial charge in [0.2, 0.25) is 15.9 Å². The van der Waals surface area contributed by atoms with E-state index in [9.17, 15) is 13.2 Å². The van der Waals surface area contributed by atoms with Gasteiger partial charge in [-0.15, -0.1) is 0 Å². The number of carbonyl (C=O) groups is 1. The molecule has 3 aliphatic rings. The smallest absolute Gasteiger partial charge is 0.253 e. The number of sulfonamides is 1. The minimum Gasteiger partial charge on any atom is -0.379 e. The number of amides is 1. The number of piperidine rings is 1. The number of benzene rings is 1. The van der Waals surface area contributed by atoms with Gasteiger partial charge in [0.1, 0.15) is 0 Å². The lowest BCUT2D eigenvalue weighted by molar-refractivity contribution is 0.0730. The van der Waals surface area contributed by atoms with Gasteiger partial charge in [-0.1, -0.05) is 5.16 Å². The maximum Gasteiger partial charge on any atom is 0.253 e. The highest BCUT2D eigenvalue weighted by atomic mass is 32.2. The van der Waals surface area contributed by atoms with Gasteiger partial charge in [0, 0.05) is 37.8 Å². The number of ether oxygens (including phenoxy) is 1. The quantitative estimate of drug-likeness (QED) is 0.645. The van der Waals surface area contributed by atoms with Crippen molar-refractivity contribution in [2.45, 2.75) is 49.5 Å². The molecule has 0 radical (unpaired) electrons. The van der Waals surface area contributed by atoms with Gasteiger partial charge < -0.3 is 19.5 Å². The molecule has 1 N–H and O–H groups in total. The van der Waals surface area contributed by atoms with E-state index in [0.29, 0.717) is 49.5 Å². The first-order valence-corrected chi connectivity index (χ1v) is 13.0. The standard InChI is InChI=1S/C22H29N5O5S/c28-22(23-15-20-24-21(25-32-20)16-4-5-16)18-14-17(33(29,30)27-10-12-31-13-11-27)6-7-19(18)26-8-2-1-3-9-26/h6-7,14,16H,1-5,8-13,15H2,(H,23,28). The van der Waals surface area contributed by atoms with Crippen LogP contribution in [-0.4, -0.2) is 68.2 Å². The normalized spacial score (nSPS) is 20.1. The molecule has 0 unspecified atom stereocenters. The van der Waals surface area contributed by atoms with Crippen molar-refractivity contribution in [3.05, 3.63) is 35.5 Å². The van der Waals surface area contributed by atoms with Gasteiger partial charge >= 0.3 is 0 Å². The summed E-state index contributed by atoms with van der Waals surface area (Å²) in [6.07, 6.45) is 5.37. The molecule has 3 fully saturated rings. The molecule has 10 nitrogen and oxygen atoms in total. The Bertz CT molecular complexity index is 1100. The molecule has 1 aromatic heterocycles. The number of nitrogens with zero attached hydrogens (tertiary/aromatic N) is 4. The van der Waals surface area contributed by atoms with E-state index in [1.807, 2.05) is 0 Å². The van der Waals surface area contributed by atoms with Crippen LogP contribution in [0, 0.1) is 0 Å². The van der Waals surface area contributed by atoms with Gasteiger partial charge in [-0.05, 0) is 50.3 Å². The van der Waals surface area contributed by atoms with E-state index in [1.165, 1.54) is 10.4 Å². The first-order chi connectivity index (χ1) is 16.0. The molecule has 2 aromatic rings. The molecule has 1 saturated carbocycles. The van der Waals surface area contributed by atoms with Crippen LogP contribution < -0.4 is 10.2 Å². The Morgan fingerprint density at radius 2 is 1.85 bits per heavy atom. The van der Waals surface area contributed by atoms with Crippen LogP contribution in [-0.2, 0) is 21.3 Å². The maximum atomic E-state index is 13.2. The predicted octanol–water partition coefficient (Wildman–Crippen LogP) is 1.89. The highest BCUT2D eigenvalue weighted by Gasteiger charge is 2.30. The fourth-order valence-electron chi connectivity index (χ4n) is 4.30. The Balaban J connectivity index is 1.40. The number of morpholine rings is 1. The van der Waals surface area contributed by atoms with E-state index in [2.05, 4.69) is 20.4 Å². The summed E-state index contributed by atoms with van der Waals surface area (Å²) in [7, 11) is -3.72. The van der Waals surface area contributed by atoms with E-state index in [-0.39, 0.29) is 17.3 Å². The van der Waals surface area contributed by atoms with Crippen LogP contribution in [0.2, 0.25) is 0 Å². The molecular formula is C22H29N5O5S. The molecule has 1 amide bonds. The molecule has 0 spiro atoms. The van der Waals surface area contributed by atoms with Gasteiger partial charge in [0.15, 0.2) is 5.82 Å². The third-order valence-electron chi connectivity index (χ3n) is 6.34. The molecule has 3 heterocycles. The lowest BCUT2D eigenvalue weighted by atomic mass is 10.1. The molecular weight excluding hydrogens is 446 g/mol. The third-order valence-corrected chi connectivity index (χ3v) is 8.24. The average Bonchev–Trinajstić information content (AvgIpc) is 3.61. The number of nitrogens with one attached hydrogen (secondary N) is 1. The Labute approximate surface area is 193 Å². The highest BCUT2D eigenvalue weighted by Crippen LogP contribution is 2.38. The minimum atomic E-state index is -3.72. The highest BCUT2D eigenvalue weighted by molar-refractivity contribution is 7.89. The summed E-state index contributed by atoms with van der Waals surface area (Å²) in [6, 6.07) is 4.85. The summed E-state index contributed by atoms with van der Waals surface area (Å²) < 4.78 is 38.3. The van der Waals surface area contributed by atoms with Gasteiger partial charge in [-0.3, -0.25) is 4.79 Å². The van der Waals surface area contributed by atoms with Crippen molar-refractivity contribution in [3.8, 4) is 0 Å². The maximum absolute atomic E-state index is 13.2. The third kappa shape index (κ3) is 4.90. The largest absolute Gasteiger partial charge is 0.379 e. The zero-order valence-electron chi connectivity index (χ0n) is 18.5. The molecule has 1 aliphatic carbocycles. The van der Waals surface area contributed by atoms with Gasteiger partial charge in [-0.2, -0.15) is 9.29 Å². The van der Waals surface area contributed by atoms with Crippen molar-refractivity contribution in [1.29, 1.82) is 0 Å². The second kappa shape index (κ2) is 9.40. The predicted molar refractivity (Wildman–Crippen MR) is 120 cm³/mol. The monoisotopic (exact) mass is 475 g/mol. The van der Waals surface area contributed by atoms with Crippen molar-refractivity contribution in [2.24, 2.45) is 0 Å². The van der Waals surface area contributed by atoms with E-state index < -0.39 is 10.0 Å². The molecule has 0 atom stereocenters. The molecule has 178 valence electrons. The number of rotatable bonds is 7. The lowest BCUT2D eigenvalue weighted by Crippen LogP contribution is -2.40. The molecule has 1 aromatic carbocycles. The summed E-state index contributed by atoms with van der Waals surface area (Å²) in [5.41, 5.74) is 1.09. The molecule has 11 heteroatoms. The van der Waals surface area contributed by atoms with Crippen LogP contribution in [0.1, 0.15) is 60.1 Å². The van der Waals surface area contributed by atoms with E-state index >= 15 is 0 Å². The van der Waals surface area contributed by atoms with Crippen molar-refractivity contribution >= 4 is 21.6 Å². The van der Waals surface area contributed by atoms with E-state index in [1.54, 1.807) is 12.1 Å². The van der Waals surface area contributed by atoms with Crippen LogP contribution in [0.25, 0.3) is 0 Å². The van der Waals surface area contributed by atoms with Gasteiger partial charge in [0.25, 0.3) is 5.91 Å². The SMILES string of the molecule is O=C(NCc1nc(C2CC2)no1)c1cc(S(=O)(=O)N2CCOCC2)ccc1N1CCCCC1. The number of hydrogen-bond acceptors (Lipinski definition) is 8. The summed E-state index contributed by atoms with van der Waals surface area (Å²) in [5, 5.41) is 6.81. The summed E-state index contributed by atoms with van der Waals surface area (Å²) in [6.45, 7) is 3.11. The minimum absolute atomic E-state index is 0.0957. The average molecular weight is 476 g/mol. The van der Waals surface area contributed by atoms with Crippen molar-refractivity contribution in [1.82, 2.24) is 19.8 Å².